The largest absolute Gasteiger partial charge is 0.483 e. The molecule has 0 unspecified atom stereocenters. The average molecular weight is 474 g/mol. The molecule has 1 heterocycles. The smallest absolute Gasteiger partial charge is 0.262 e. The van der Waals surface area contributed by atoms with Gasteiger partial charge in [0.05, 0.1) is 5.56 Å². The second-order valence-corrected chi connectivity index (χ2v) is 8.27. The van der Waals surface area contributed by atoms with E-state index in [0.717, 1.165) is 30.5 Å². The lowest BCUT2D eigenvalue weighted by molar-refractivity contribution is -0.118. The van der Waals surface area contributed by atoms with Crippen LogP contribution in [-0.4, -0.2) is 49.5 Å². The molecule has 3 rings (SSSR count). The number of nitrogens with zero attached hydrogens (tertiary/aromatic N) is 1. The number of ether oxygens (including phenoxy) is 1. The number of carbonyl (C=O) groups excluding carboxylic acids is 2. The van der Waals surface area contributed by atoms with E-state index in [1.165, 1.54) is 19.3 Å². The van der Waals surface area contributed by atoms with Crippen molar-refractivity contribution in [1.29, 1.82) is 0 Å². The number of anilines is 1. The number of carbonyl (C=O) groups is 2. The van der Waals surface area contributed by atoms with Crippen LogP contribution in [0.1, 0.15) is 36.0 Å². The van der Waals surface area contributed by atoms with Crippen LogP contribution in [-0.2, 0) is 4.79 Å². The quantitative estimate of drug-likeness (QED) is 0.538. The zero-order chi connectivity index (χ0) is 21.2. The molecule has 1 aliphatic rings. The number of amides is 2. The molecule has 2 aromatic rings. The van der Waals surface area contributed by atoms with E-state index in [1.54, 1.807) is 36.4 Å². The maximum absolute atomic E-state index is 12.6. The fourth-order valence-corrected chi connectivity index (χ4v) is 3.70. The molecule has 0 atom stereocenters. The lowest BCUT2D eigenvalue weighted by Gasteiger charge is -2.26. The number of benzene rings is 2. The van der Waals surface area contributed by atoms with Crippen LogP contribution >= 0.6 is 15.9 Å². The number of hydrogen-bond donors (Lipinski definition) is 2. The van der Waals surface area contributed by atoms with Crippen molar-refractivity contribution in [2.75, 3.05) is 38.1 Å². The first-order valence-corrected chi connectivity index (χ1v) is 11.2. The average Bonchev–Trinajstić information content (AvgIpc) is 2.77. The van der Waals surface area contributed by atoms with E-state index in [2.05, 4.69) is 31.5 Å². The predicted molar refractivity (Wildman–Crippen MR) is 122 cm³/mol. The lowest BCUT2D eigenvalue weighted by atomic mass is 10.1. The molecule has 0 radical (unpaired) electrons. The molecule has 1 fully saturated rings. The first-order valence-electron chi connectivity index (χ1n) is 10.4. The minimum Gasteiger partial charge on any atom is -0.483 e. The summed E-state index contributed by atoms with van der Waals surface area (Å²) in [5, 5.41) is 5.73. The molecule has 0 bridgehead atoms. The van der Waals surface area contributed by atoms with Crippen molar-refractivity contribution in [3.05, 3.63) is 58.6 Å². The van der Waals surface area contributed by atoms with E-state index >= 15 is 0 Å². The van der Waals surface area contributed by atoms with E-state index in [9.17, 15) is 9.59 Å². The van der Waals surface area contributed by atoms with E-state index < -0.39 is 0 Å². The zero-order valence-electron chi connectivity index (χ0n) is 17.0. The molecule has 2 aromatic carbocycles. The van der Waals surface area contributed by atoms with Gasteiger partial charge in [-0.1, -0.05) is 34.5 Å². The van der Waals surface area contributed by atoms with Crippen LogP contribution in [0.2, 0.25) is 0 Å². The maximum Gasteiger partial charge on any atom is 0.262 e. The Labute approximate surface area is 186 Å². The maximum atomic E-state index is 12.6. The minimum atomic E-state index is -0.283. The third-order valence-corrected chi connectivity index (χ3v) is 5.53. The molecular weight excluding hydrogens is 446 g/mol. The molecule has 2 N–H and O–H groups in total. The fraction of sp³-hybridized carbons (Fsp3) is 0.391. The highest BCUT2D eigenvalue weighted by Gasteiger charge is 2.14. The Kier molecular flexibility index (Phi) is 8.71. The first-order chi connectivity index (χ1) is 14.6. The second kappa shape index (κ2) is 11.7. The van der Waals surface area contributed by atoms with E-state index in [1.807, 2.05) is 12.1 Å². The molecule has 2 amide bonds. The number of rotatable bonds is 9. The summed E-state index contributed by atoms with van der Waals surface area (Å²) in [6.45, 7) is 3.78. The summed E-state index contributed by atoms with van der Waals surface area (Å²) < 4.78 is 6.56. The molecule has 0 aliphatic carbocycles. The molecule has 160 valence electrons. The van der Waals surface area contributed by atoms with Gasteiger partial charge < -0.3 is 20.3 Å². The van der Waals surface area contributed by atoms with Gasteiger partial charge in [0.2, 0.25) is 0 Å². The molecule has 7 heteroatoms. The molecule has 1 saturated heterocycles. The van der Waals surface area contributed by atoms with Crippen LogP contribution in [0.4, 0.5) is 5.69 Å². The lowest BCUT2D eigenvalue weighted by Crippen LogP contribution is -2.33. The van der Waals surface area contributed by atoms with Gasteiger partial charge in [0.1, 0.15) is 5.75 Å². The minimum absolute atomic E-state index is 0.171. The standard InChI is InChI=1S/C23H28BrN3O3/c24-18-9-11-19(12-10-18)26-22(28)17-30-21-8-3-2-7-20(21)23(29)25-13-6-16-27-14-4-1-5-15-27/h2-3,7-12H,1,4-6,13-17H2,(H,25,29)(H,26,28). The summed E-state index contributed by atoms with van der Waals surface area (Å²) in [7, 11) is 0. The Balaban J connectivity index is 1.45. The predicted octanol–water partition coefficient (Wildman–Crippen LogP) is 4.07. The highest BCUT2D eigenvalue weighted by atomic mass is 79.9. The van der Waals surface area contributed by atoms with Crippen molar-refractivity contribution in [2.24, 2.45) is 0 Å². The summed E-state index contributed by atoms with van der Waals surface area (Å²) in [6, 6.07) is 14.3. The van der Waals surface area contributed by atoms with Gasteiger partial charge in [-0.3, -0.25) is 9.59 Å². The van der Waals surface area contributed by atoms with Gasteiger partial charge in [-0.2, -0.15) is 0 Å². The van der Waals surface area contributed by atoms with Crippen LogP contribution in [0.5, 0.6) is 5.75 Å². The summed E-state index contributed by atoms with van der Waals surface area (Å²) >= 11 is 3.36. The van der Waals surface area contributed by atoms with Crippen molar-refractivity contribution < 1.29 is 14.3 Å². The SMILES string of the molecule is O=C(COc1ccccc1C(=O)NCCCN1CCCCC1)Nc1ccc(Br)cc1. The Morgan fingerprint density at radius 3 is 2.50 bits per heavy atom. The Morgan fingerprint density at radius 2 is 1.73 bits per heavy atom. The van der Waals surface area contributed by atoms with Crippen molar-refractivity contribution in [3.63, 3.8) is 0 Å². The van der Waals surface area contributed by atoms with E-state index in [-0.39, 0.29) is 18.4 Å². The van der Waals surface area contributed by atoms with Crippen LogP contribution < -0.4 is 15.4 Å². The molecular formula is C23H28BrN3O3. The normalized spacial score (nSPS) is 14.2. The van der Waals surface area contributed by atoms with Crippen LogP contribution in [0.15, 0.2) is 53.0 Å². The van der Waals surface area contributed by atoms with E-state index in [0.29, 0.717) is 23.5 Å². The van der Waals surface area contributed by atoms with Crippen LogP contribution in [0.25, 0.3) is 0 Å². The number of para-hydroxylation sites is 1. The number of likely N-dealkylation sites (tertiary alicyclic amines) is 1. The Bertz CT molecular complexity index is 836. The summed E-state index contributed by atoms with van der Waals surface area (Å²) in [6.07, 6.45) is 4.79. The number of nitrogens with one attached hydrogen (secondary N) is 2. The summed E-state index contributed by atoms with van der Waals surface area (Å²) in [4.78, 5) is 27.2. The van der Waals surface area contributed by atoms with Crippen molar-refractivity contribution in [3.8, 4) is 5.75 Å². The number of piperidine rings is 1. The van der Waals surface area contributed by atoms with Gasteiger partial charge in [-0.15, -0.1) is 0 Å². The van der Waals surface area contributed by atoms with Crippen molar-refractivity contribution in [1.82, 2.24) is 10.2 Å². The molecule has 30 heavy (non-hydrogen) atoms. The van der Waals surface area contributed by atoms with Crippen LogP contribution in [0.3, 0.4) is 0 Å². The van der Waals surface area contributed by atoms with E-state index in [4.69, 9.17) is 4.74 Å². The third-order valence-electron chi connectivity index (χ3n) is 5.00. The van der Waals surface area contributed by atoms with Crippen molar-refractivity contribution >= 4 is 33.4 Å². The van der Waals surface area contributed by atoms with Gasteiger partial charge in [0.15, 0.2) is 6.61 Å². The third kappa shape index (κ3) is 7.15. The summed E-state index contributed by atoms with van der Waals surface area (Å²) in [5.74, 6) is -0.0661. The van der Waals surface area contributed by atoms with Gasteiger partial charge in [-0.05, 0) is 75.3 Å². The number of halogens is 1. The molecule has 0 spiro atoms. The highest BCUT2D eigenvalue weighted by molar-refractivity contribution is 9.10. The molecule has 0 aromatic heterocycles. The van der Waals surface area contributed by atoms with Gasteiger partial charge in [0, 0.05) is 16.7 Å². The van der Waals surface area contributed by atoms with Gasteiger partial charge >= 0.3 is 0 Å². The second-order valence-electron chi connectivity index (χ2n) is 7.35. The fourth-order valence-electron chi connectivity index (χ4n) is 3.44. The Hall–Kier alpha value is -2.38. The van der Waals surface area contributed by atoms with Gasteiger partial charge in [0.25, 0.3) is 11.8 Å². The topological polar surface area (TPSA) is 70.7 Å². The summed E-state index contributed by atoms with van der Waals surface area (Å²) in [5.41, 5.74) is 1.12. The zero-order valence-corrected chi connectivity index (χ0v) is 18.6. The molecule has 1 aliphatic heterocycles. The molecule has 6 nitrogen and oxygen atoms in total. The first kappa shape index (κ1) is 22.3. The monoisotopic (exact) mass is 473 g/mol. The van der Waals surface area contributed by atoms with Crippen molar-refractivity contribution in [2.45, 2.75) is 25.7 Å². The highest BCUT2D eigenvalue weighted by Crippen LogP contribution is 2.18. The van der Waals surface area contributed by atoms with Gasteiger partial charge in [-0.25, -0.2) is 0 Å². The molecule has 0 saturated carbocycles. The Morgan fingerprint density at radius 1 is 1.00 bits per heavy atom. The number of hydrogen-bond acceptors (Lipinski definition) is 4. The van der Waals surface area contributed by atoms with Crippen LogP contribution in [0, 0.1) is 0 Å².